The van der Waals surface area contributed by atoms with Gasteiger partial charge in [-0.05, 0) is 134 Å². The highest BCUT2D eigenvalue weighted by Crippen LogP contribution is 2.37. The molecule has 3 aromatic heterocycles. The number of aromatic nitrogens is 4. The molecular weight excluding hydrogens is 1720 g/mol. The van der Waals surface area contributed by atoms with Crippen LogP contribution in [0.5, 0.6) is 17.2 Å². The number of carbonyl (C=O) groups is 12. The fourth-order valence-electron chi connectivity index (χ4n) is 13.9. The molecule has 129 heavy (non-hydrogen) atoms. The number of aryl methyl sites for hydroxylation is 1. The second-order valence-corrected chi connectivity index (χ2v) is 27.6. The molecule has 3 aromatic carbocycles. The second kappa shape index (κ2) is 43.2. The van der Waals surface area contributed by atoms with Crippen molar-refractivity contribution in [1.29, 1.82) is 0 Å². The maximum absolute atomic E-state index is 12.1. The lowest BCUT2D eigenvalue weighted by molar-refractivity contribution is -0.280. The number of aromatic amines is 2. The summed E-state index contributed by atoms with van der Waals surface area (Å²) in [5.41, 5.74) is 5.46. The monoisotopic (exact) mass is 1800 g/mol. The molecule has 0 aliphatic carbocycles. The van der Waals surface area contributed by atoms with E-state index in [9.17, 15) is 119 Å². The smallest absolute Gasteiger partial charge is 0.461 e. The largest absolute Gasteiger partial charge is 0.506 e. The third kappa shape index (κ3) is 25.6. The Morgan fingerprint density at radius 3 is 0.853 bits per heavy atom. The Bertz CT molecular complexity index is 5500. The van der Waals surface area contributed by atoms with Crippen molar-refractivity contribution >= 4 is 120 Å². The molecule has 11 rings (SSSR count). The molecule has 678 valence electrons. The van der Waals surface area contributed by atoms with Gasteiger partial charge in [-0.1, -0.05) is 81.0 Å². The van der Waals surface area contributed by atoms with Crippen molar-refractivity contribution in [2.75, 3.05) is 19.8 Å². The standard InChI is InChI=1S/C83H74N4O42/c1-2-3-4-5-6-7-8-9-45-49-28-30-51(84-49)46(25-16-39-10-19-42(20-11-39)115-69-66(127-81(106)107)63(124-78(100)101)60(121-75(94)95)57(118-69)36-112-72(88)89)53-32-34-55(86-53)48(27-18-41-14-23-44(24-15-41)117-71-68(129-83(110)111)65(126-80(104)105)62(123-77(98)99)59(120-71)38-114-74(92)93)56-35-33-54(87-56)47(52-31-29-50(45)85-52)26-17-40-12-21-43(22-13-40)116-70-67(128-82(108)109)64(125-79(102)103)61(122-76(96)97)58(119-70)37-113-73(90)91/h10-15,19-24,28-35,57-71,84,87H,2-9,36-38H2,1H3,(H,88,89)(H,90,91)(H,92,93)(H,94,95)(H,96,97)(H,98,99)(H,100,101)(H,102,103)(H,104,105)(H,106,107)(H,108,109)(H,110,111)/t57-,58-,59-,60-,61-,62-,63+,64+,65+,66+,67+,68+,69?,70?,71?/m1/s1. The Kier molecular flexibility index (Phi) is 31.2. The quantitative estimate of drug-likeness (QED) is 0.00896. The Morgan fingerprint density at radius 1 is 0.302 bits per heavy atom. The van der Waals surface area contributed by atoms with Gasteiger partial charge in [-0.25, -0.2) is 67.5 Å². The lowest BCUT2D eigenvalue weighted by Gasteiger charge is -2.42. The minimum atomic E-state index is -2.20. The van der Waals surface area contributed by atoms with Crippen LogP contribution in [-0.2, 0) is 77.5 Å². The van der Waals surface area contributed by atoms with Crippen LogP contribution in [-0.4, -0.2) is 267 Å². The molecule has 0 amide bonds. The molecule has 0 spiro atoms. The van der Waals surface area contributed by atoms with Crippen molar-refractivity contribution in [3.05, 3.63) is 159 Å². The highest BCUT2D eigenvalue weighted by molar-refractivity contribution is 5.87. The minimum Gasteiger partial charge on any atom is -0.461 e. The maximum atomic E-state index is 12.1. The number of benzene rings is 3. The lowest BCUT2D eigenvalue weighted by Crippen LogP contribution is -2.63. The molecular formula is C83H74N4O42. The molecule has 8 bridgehead atoms. The van der Waals surface area contributed by atoms with E-state index in [1.54, 1.807) is 36.4 Å². The first-order chi connectivity index (χ1) is 61.7. The van der Waals surface area contributed by atoms with E-state index in [1.165, 1.54) is 72.8 Å². The predicted octanol–water partition coefficient (Wildman–Crippen LogP) is 12.1. The Hall–Kier alpha value is -16.5. The molecule has 0 radical (unpaired) electrons. The number of hydrogen-bond donors (Lipinski definition) is 14. The van der Waals surface area contributed by atoms with Gasteiger partial charge in [-0.2, -0.15) is 0 Å². The molecule has 8 heterocycles. The first-order valence-electron chi connectivity index (χ1n) is 38.3. The summed E-state index contributed by atoms with van der Waals surface area (Å²) in [5, 5.41) is 115. The minimum absolute atomic E-state index is 0.124. The van der Waals surface area contributed by atoms with E-state index in [2.05, 4.69) is 66.6 Å². The van der Waals surface area contributed by atoms with Gasteiger partial charge in [0.25, 0.3) is 0 Å². The average molecular weight is 1800 g/mol. The van der Waals surface area contributed by atoms with Crippen LogP contribution in [0.15, 0.2) is 97.1 Å². The summed E-state index contributed by atoms with van der Waals surface area (Å²) >= 11 is 0. The first kappa shape index (κ1) is 93.2. The van der Waals surface area contributed by atoms with Gasteiger partial charge in [0.05, 0.1) is 56.0 Å². The summed E-state index contributed by atoms with van der Waals surface area (Å²) in [6.07, 6.45) is -40.7. The van der Waals surface area contributed by atoms with Crippen molar-refractivity contribution in [3.63, 3.8) is 0 Å². The van der Waals surface area contributed by atoms with Crippen LogP contribution < -0.4 is 14.2 Å². The molecule has 14 N–H and O–H groups in total. The number of carboxylic acid groups (broad SMARTS) is 12. The summed E-state index contributed by atoms with van der Waals surface area (Å²) in [6, 6.07) is 23.6. The Morgan fingerprint density at radius 2 is 0.558 bits per heavy atom. The number of fused-ring (bicyclic) bond motifs is 8. The predicted molar refractivity (Wildman–Crippen MR) is 424 cm³/mol. The summed E-state index contributed by atoms with van der Waals surface area (Å²) in [6.45, 7) is -0.935. The third-order valence-electron chi connectivity index (χ3n) is 19.2. The summed E-state index contributed by atoms with van der Waals surface area (Å²) < 4.78 is 92.8. The van der Waals surface area contributed by atoms with Gasteiger partial charge < -0.3 is 157 Å². The Balaban J connectivity index is 1.03. The zero-order valence-electron chi connectivity index (χ0n) is 66.5. The maximum Gasteiger partial charge on any atom is 0.506 e. The van der Waals surface area contributed by atoms with Crippen molar-refractivity contribution in [3.8, 4) is 52.8 Å². The lowest BCUT2D eigenvalue weighted by atomic mass is 9.98. The molecule has 3 fully saturated rings. The van der Waals surface area contributed by atoms with Gasteiger partial charge in [0.15, 0.2) is 36.6 Å². The number of rotatable bonds is 29. The topological polar surface area (TPSA) is 671 Å². The zero-order chi connectivity index (χ0) is 92.7. The van der Waals surface area contributed by atoms with Gasteiger partial charge in [-0.3, -0.25) is 0 Å². The van der Waals surface area contributed by atoms with Gasteiger partial charge >= 0.3 is 73.9 Å². The summed E-state index contributed by atoms with van der Waals surface area (Å²) in [4.78, 5) is 160. The highest BCUT2D eigenvalue weighted by Gasteiger charge is 2.58. The second-order valence-electron chi connectivity index (χ2n) is 27.6. The SMILES string of the molecule is CCCCCCCCCc1c2nc(c(C#Cc3ccc(OC4O[C@H](COC(=O)O)[C@@H](OC(=O)O)[C@H](OC(=O)O)[C@@H]4OC(=O)O)cc3)c3ccc([nH]3)c(C#Cc3ccc(OC4O[C@H](COC(=O)O)[C@@H](OC(=O)O)[C@H](OC(=O)O)[C@@H]4OC(=O)O)cc3)c3nc(c(C#Cc4ccc(OC5O[C@H](COC(=O)O)[C@@H](OC(=O)O)[C@H](OC(=O)O)[C@@H]5OC(=O)O)cc4)c4ccc1[nH]4)C=C3)C=C2. The van der Waals surface area contributed by atoms with Crippen LogP contribution >= 0.6 is 0 Å². The Labute approximate surface area is 723 Å². The van der Waals surface area contributed by atoms with E-state index in [4.69, 9.17) is 81.0 Å². The summed E-state index contributed by atoms with van der Waals surface area (Å²) in [5.74, 6) is 18.6. The van der Waals surface area contributed by atoms with E-state index < -0.39 is 186 Å². The van der Waals surface area contributed by atoms with E-state index in [-0.39, 0.29) is 39.8 Å². The van der Waals surface area contributed by atoms with Gasteiger partial charge in [0.1, 0.15) is 55.4 Å². The molecule has 3 saturated heterocycles. The molecule has 0 saturated carbocycles. The number of hydrogen-bond acceptors (Lipinski definition) is 32. The highest BCUT2D eigenvalue weighted by atomic mass is 16.8. The van der Waals surface area contributed by atoms with Gasteiger partial charge in [0, 0.05) is 27.8 Å². The van der Waals surface area contributed by atoms with E-state index in [1.807, 2.05) is 12.1 Å². The number of nitrogens with one attached hydrogen (secondary N) is 2. The van der Waals surface area contributed by atoms with E-state index >= 15 is 0 Å². The zero-order valence-corrected chi connectivity index (χ0v) is 66.5. The van der Waals surface area contributed by atoms with Crippen LogP contribution in [0.4, 0.5) is 57.5 Å². The van der Waals surface area contributed by atoms with Crippen molar-refractivity contribution in [1.82, 2.24) is 19.9 Å². The number of unbranched alkanes of at least 4 members (excludes halogenated alkanes) is 6. The third-order valence-corrected chi connectivity index (χ3v) is 19.2. The normalized spacial score (nSPS) is 21.6. The molecule has 5 aliphatic rings. The van der Waals surface area contributed by atoms with Crippen molar-refractivity contribution in [2.24, 2.45) is 0 Å². The van der Waals surface area contributed by atoms with Gasteiger partial charge in [-0.15, -0.1) is 0 Å². The number of H-pyrrole nitrogens is 2. The fourth-order valence-corrected chi connectivity index (χ4v) is 13.9. The van der Waals surface area contributed by atoms with Crippen LogP contribution in [0.25, 0.3) is 46.4 Å². The molecule has 15 atom stereocenters. The molecule has 3 unspecified atom stereocenters. The number of nitrogens with zero attached hydrogens (tertiary/aromatic N) is 2. The molecule has 5 aliphatic heterocycles. The van der Waals surface area contributed by atoms with Crippen LogP contribution in [0.3, 0.4) is 0 Å². The average Bonchev–Trinajstić information content (AvgIpc) is 1.65. The van der Waals surface area contributed by atoms with E-state index in [0.29, 0.717) is 62.1 Å². The van der Waals surface area contributed by atoms with Crippen molar-refractivity contribution in [2.45, 2.75) is 150 Å². The van der Waals surface area contributed by atoms with Crippen LogP contribution in [0, 0.1) is 35.5 Å². The molecule has 6 aromatic rings. The van der Waals surface area contributed by atoms with Crippen molar-refractivity contribution < 1.29 is 204 Å². The van der Waals surface area contributed by atoms with Crippen LogP contribution in [0.2, 0.25) is 0 Å². The van der Waals surface area contributed by atoms with Gasteiger partial charge in [0.2, 0.25) is 37.2 Å². The fraction of sp³-hybridized carbons (Fsp3) is 0.325. The molecule has 46 heteroatoms. The van der Waals surface area contributed by atoms with Crippen LogP contribution in [0.1, 0.15) is 114 Å². The first-order valence-corrected chi connectivity index (χ1v) is 38.3. The number of ether oxygens (including phenoxy) is 18. The summed E-state index contributed by atoms with van der Waals surface area (Å²) in [7, 11) is 0. The molecule has 46 nitrogen and oxygen atoms in total. The van der Waals surface area contributed by atoms with E-state index in [0.717, 1.165) is 50.5 Å².